The zero-order chi connectivity index (χ0) is 11.3. The predicted molar refractivity (Wildman–Crippen MR) is 69.1 cm³/mol. The number of hydrogen-bond acceptors (Lipinski definition) is 0. The van der Waals surface area contributed by atoms with Gasteiger partial charge in [-0.3, -0.25) is 0 Å². The molecular formula is C15H22. The molecule has 0 aliphatic rings. The van der Waals surface area contributed by atoms with E-state index in [1.807, 2.05) is 6.08 Å². The summed E-state index contributed by atoms with van der Waals surface area (Å²) < 4.78 is 0. The lowest BCUT2D eigenvalue weighted by Gasteiger charge is -2.09. The summed E-state index contributed by atoms with van der Waals surface area (Å²) in [5, 5.41) is 0. The molecule has 0 aliphatic carbocycles. The second-order valence-corrected chi connectivity index (χ2v) is 4.63. The van der Waals surface area contributed by atoms with Crippen LogP contribution in [0.5, 0.6) is 0 Å². The summed E-state index contributed by atoms with van der Waals surface area (Å²) in [7, 11) is 0. The Hall–Kier alpha value is -1.04. The van der Waals surface area contributed by atoms with Crippen molar-refractivity contribution in [3.05, 3.63) is 41.5 Å². The molecule has 0 heteroatoms. The van der Waals surface area contributed by atoms with Crippen LogP contribution in [0.1, 0.15) is 43.9 Å². The van der Waals surface area contributed by atoms with Crippen LogP contribution in [0.15, 0.2) is 24.8 Å². The Balaban J connectivity index is 2.94. The zero-order valence-corrected chi connectivity index (χ0v) is 10.2. The van der Waals surface area contributed by atoms with Gasteiger partial charge in [-0.1, -0.05) is 58.0 Å². The standard InChI is InChI=1S/C15H22/c1-5-7-14-9-13(6-2)10-15(11-14)8-12(3)4/h6,9-12H,2,5,7-8H2,1,3-4H3. The number of hydrogen-bond donors (Lipinski definition) is 0. The number of aryl methyl sites for hydroxylation is 1. The van der Waals surface area contributed by atoms with Gasteiger partial charge >= 0.3 is 0 Å². The highest BCUT2D eigenvalue weighted by molar-refractivity contribution is 5.50. The van der Waals surface area contributed by atoms with E-state index in [9.17, 15) is 0 Å². The lowest BCUT2D eigenvalue weighted by atomic mass is 9.97. The molecule has 0 amide bonds. The van der Waals surface area contributed by atoms with Crippen molar-refractivity contribution in [3.8, 4) is 0 Å². The van der Waals surface area contributed by atoms with E-state index in [1.54, 1.807) is 0 Å². The highest BCUT2D eigenvalue weighted by Gasteiger charge is 2.01. The minimum Gasteiger partial charge on any atom is -0.0985 e. The molecule has 0 radical (unpaired) electrons. The lowest BCUT2D eigenvalue weighted by molar-refractivity contribution is 0.646. The Bertz CT molecular complexity index is 321. The first kappa shape index (κ1) is 12.0. The molecule has 0 fully saturated rings. The van der Waals surface area contributed by atoms with Crippen molar-refractivity contribution in [1.82, 2.24) is 0 Å². The third-order valence-corrected chi connectivity index (χ3v) is 2.49. The molecule has 0 heterocycles. The fourth-order valence-corrected chi connectivity index (χ4v) is 1.93. The molecule has 0 aromatic heterocycles. The normalized spacial score (nSPS) is 10.7. The van der Waals surface area contributed by atoms with Crippen LogP contribution in [-0.4, -0.2) is 0 Å². The zero-order valence-electron chi connectivity index (χ0n) is 10.2. The van der Waals surface area contributed by atoms with Crippen LogP contribution in [0.3, 0.4) is 0 Å². The van der Waals surface area contributed by atoms with Crippen molar-refractivity contribution in [1.29, 1.82) is 0 Å². The van der Waals surface area contributed by atoms with Crippen molar-refractivity contribution in [2.24, 2.45) is 5.92 Å². The quantitative estimate of drug-likeness (QED) is 0.660. The van der Waals surface area contributed by atoms with E-state index in [0.717, 1.165) is 5.92 Å². The maximum atomic E-state index is 3.85. The van der Waals surface area contributed by atoms with Gasteiger partial charge in [0.1, 0.15) is 0 Å². The van der Waals surface area contributed by atoms with Crippen molar-refractivity contribution < 1.29 is 0 Å². The fourth-order valence-electron chi connectivity index (χ4n) is 1.93. The largest absolute Gasteiger partial charge is 0.0985 e. The molecular weight excluding hydrogens is 180 g/mol. The Morgan fingerprint density at radius 1 is 1.20 bits per heavy atom. The molecule has 0 nitrogen and oxygen atoms in total. The lowest BCUT2D eigenvalue weighted by Crippen LogP contribution is -1.96. The van der Waals surface area contributed by atoms with Crippen LogP contribution in [0.25, 0.3) is 6.08 Å². The van der Waals surface area contributed by atoms with E-state index >= 15 is 0 Å². The Labute approximate surface area is 94.0 Å². The summed E-state index contributed by atoms with van der Waals surface area (Å²) in [6.45, 7) is 10.6. The Morgan fingerprint density at radius 2 is 1.87 bits per heavy atom. The summed E-state index contributed by atoms with van der Waals surface area (Å²) >= 11 is 0. The van der Waals surface area contributed by atoms with Crippen LogP contribution in [0, 0.1) is 5.92 Å². The van der Waals surface area contributed by atoms with E-state index in [0.29, 0.717) is 0 Å². The SMILES string of the molecule is C=Cc1cc(CCC)cc(CC(C)C)c1. The summed E-state index contributed by atoms with van der Waals surface area (Å²) in [6.07, 6.45) is 5.50. The first-order valence-electron chi connectivity index (χ1n) is 5.91. The fraction of sp³-hybridized carbons (Fsp3) is 0.467. The molecule has 0 saturated heterocycles. The molecule has 1 aromatic rings. The summed E-state index contributed by atoms with van der Waals surface area (Å²) in [5.41, 5.74) is 4.16. The third-order valence-electron chi connectivity index (χ3n) is 2.49. The summed E-state index contributed by atoms with van der Waals surface area (Å²) in [4.78, 5) is 0. The number of benzene rings is 1. The van der Waals surface area contributed by atoms with E-state index < -0.39 is 0 Å². The molecule has 0 saturated carbocycles. The molecule has 0 spiro atoms. The molecule has 1 aromatic carbocycles. The van der Waals surface area contributed by atoms with Crippen molar-refractivity contribution in [2.45, 2.75) is 40.0 Å². The van der Waals surface area contributed by atoms with Gasteiger partial charge in [0, 0.05) is 0 Å². The number of rotatable bonds is 5. The summed E-state index contributed by atoms with van der Waals surface area (Å²) in [6, 6.07) is 6.85. The first-order chi connectivity index (χ1) is 7.15. The van der Waals surface area contributed by atoms with Gasteiger partial charge in [-0.05, 0) is 35.4 Å². The molecule has 0 N–H and O–H groups in total. The molecule has 1 rings (SSSR count). The first-order valence-corrected chi connectivity index (χ1v) is 5.91. The van der Waals surface area contributed by atoms with Crippen LogP contribution < -0.4 is 0 Å². The maximum absolute atomic E-state index is 3.85. The van der Waals surface area contributed by atoms with Gasteiger partial charge in [-0.2, -0.15) is 0 Å². The van der Waals surface area contributed by atoms with Crippen molar-refractivity contribution in [3.63, 3.8) is 0 Å². The van der Waals surface area contributed by atoms with Gasteiger partial charge in [-0.25, -0.2) is 0 Å². The second kappa shape index (κ2) is 5.75. The third kappa shape index (κ3) is 3.91. The molecule has 15 heavy (non-hydrogen) atoms. The van der Waals surface area contributed by atoms with Gasteiger partial charge in [-0.15, -0.1) is 0 Å². The van der Waals surface area contributed by atoms with E-state index in [1.165, 1.54) is 36.0 Å². The van der Waals surface area contributed by atoms with Gasteiger partial charge in [0.05, 0.1) is 0 Å². The highest BCUT2D eigenvalue weighted by Crippen LogP contribution is 2.16. The van der Waals surface area contributed by atoms with E-state index in [-0.39, 0.29) is 0 Å². The molecule has 0 bridgehead atoms. The monoisotopic (exact) mass is 202 g/mol. The van der Waals surface area contributed by atoms with Gasteiger partial charge < -0.3 is 0 Å². The van der Waals surface area contributed by atoms with Crippen molar-refractivity contribution in [2.75, 3.05) is 0 Å². The minimum atomic E-state index is 0.722. The van der Waals surface area contributed by atoms with Gasteiger partial charge in [0.25, 0.3) is 0 Å². The van der Waals surface area contributed by atoms with Gasteiger partial charge in [0.2, 0.25) is 0 Å². The minimum absolute atomic E-state index is 0.722. The maximum Gasteiger partial charge on any atom is -0.0255 e. The topological polar surface area (TPSA) is 0 Å². The average molecular weight is 202 g/mol. The molecule has 0 aliphatic heterocycles. The van der Waals surface area contributed by atoms with E-state index in [2.05, 4.69) is 45.5 Å². The Kier molecular flexibility index (Phi) is 4.61. The van der Waals surface area contributed by atoms with Gasteiger partial charge in [0.15, 0.2) is 0 Å². The van der Waals surface area contributed by atoms with Crippen LogP contribution in [-0.2, 0) is 12.8 Å². The second-order valence-electron chi connectivity index (χ2n) is 4.63. The predicted octanol–water partition coefficient (Wildman–Crippen LogP) is 4.48. The van der Waals surface area contributed by atoms with Crippen LogP contribution in [0.2, 0.25) is 0 Å². The Morgan fingerprint density at radius 3 is 2.40 bits per heavy atom. The smallest absolute Gasteiger partial charge is 0.0255 e. The molecule has 0 unspecified atom stereocenters. The highest BCUT2D eigenvalue weighted by atomic mass is 14.1. The van der Waals surface area contributed by atoms with E-state index in [4.69, 9.17) is 0 Å². The van der Waals surface area contributed by atoms with Crippen LogP contribution >= 0.6 is 0 Å². The summed E-state index contributed by atoms with van der Waals surface area (Å²) in [5.74, 6) is 0.722. The molecule has 82 valence electrons. The van der Waals surface area contributed by atoms with Crippen molar-refractivity contribution >= 4 is 6.08 Å². The average Bonchev–Trinajstić information content (AvgIpc) is 2.16. The molecule has 0 atom stereocenters. The van der Waals surface area contributed by atoms with Crippen LogP contribution in [0.4, 0.5) is 0 Å².